The molecule has 142 valence electrons. The van der Waals surface area contributed by atoms with Crippen LogP contribution in [0.5, 0.6) is 0 Å². The predicted molar refractivity (Wildman–Crippen MR) is 115 cm³/mol. The fourth-order valence-corrected chi connectivity index (χ4v) is 2.35. The zero-order chi connectivity index (χ0) is 18.9. The maximum Gasteiger partial charge on any atom is 0.199 e. The van der Waals surface area contributed by atoms with Crippen molar-refractivity contribution >= 4 is 53.1 Å². The Kier molecular flexibility index (Phi) is 9.05. The van der Waals surface area contributed by atoms with Crippen LogP contribution in [0.15, 0.2) is 61.2 Å². The van der Waals surface area contributed by atoms with E-state index in [0.717, 1.165) is 5.56 Å². The van der Waals surface area contributed by atoms with E-state index in [1.165, 1.54) is 6.08 Å². The molecular weight excluding hydrogens is 385 g/mol. The Labute approximate surface area is 169 Å². The number of carbonyl (C=O) groups is 1. The molecule has 5 N–H and O–H groups in total. The van der Waals surface area contributed by atoms with Crippen molar-refractivity contribution in [2.45, 2.75) is 12.8 Å². The third-order valence-electron chi connectivity index (χ3n) is 3.51. The van der Waals surface area contributed by atoms with E-state index < -0.39 is 0 Å². The average molecular weight is 406 g/mol. The molecule has 0 fully saturated rings. The number of guanidine groups is 2. The van der Waals surface area contributed by atoms with Gasteiger partial charge in [-0.3, -0.25) is 20.9 Å². The molecule has 27 heavy (non-hydrogen) atoms. The van der Waals surface area contributed by atoms with E-state index in [-0.39, 0.29) is 30.1 Å². The van der Waals surface area contributed by atoms with Gasteiger partial charge < -0.3 is 10.6 Å². The van der Waals surface area contributed by atoms with Gasteiger partial charge >= 0.3 is 0 Å². The van der Waals surface area contributed by atoms with Crippen molar-refractivity contribution in [1.82, 2.24) is 5.32 Å². The van der Waals surface area contributed by atoms with Crippen LogP contribution in [0, 0.1) is 10.8 Å². The Morgan fingerprint density at radius 1 is 1.04 bits per heavy atom. The number of carbonyl (C=O) groups excluding carboxylic acids is 1. The van der Waals surface area contributed by atoms with E-state index in [1.807, 2.05) is 24.3 Å². The Morgan fingerprint density at radius 3 is 2.33 bits per heavy atom. The number of anilines is 2. The number of aryl methyl sites for hydroxylation is 1. The number of nitrogens with one attached hydrogen (secondary N) is 5. The number of benzene rings is 2. The molecule has 2 aromatic rings. The molecule has 0 amide bonds. The molecule has 0 spiro atoms. The van der Waals surface area contributed by atoms with Crippen molar-refractivity contribution < 1.29 is 4.79 Å². The van der Waals surface area contributed by atoms with Crippen LogP contribution in [0.2, 0.25) is 5.02 Å². The highest BCUT2D eigenvalue weighted by atomic mass is 35.5. The van der Waals surface area contributed by atoms with Crippen molar-refractivity contribution in [1.29, 1.82) is 10.8 Å². The van der Waals surface area contributed by atoms with Gasteiger partial charge in [0.1, 0.15) is 0 Å². The van der Waals surface area contributed by atoms with E-state index >= 15 is 0 Å². The van der Waals surface area contributed by atoms with E-state index in [0.29, 0.717) is 29.2 Å². The fraction of sp³-hybridized carbons (Fsp3) is 0.105. The summed E-state index contributed by atoms with van der Waals surface area (Å²) >= 11 is 5.82. The third kappa shape index (κ3) is 7.52. The van der Waals surface area contributed by atoms with Gasteiger partial charge in [0.15, 0.2) is 17.7 Å². The lowest BCUT2D eigenvalue weighted by atomic mass is 10.1. The van der Waals surface area contributed by atoms with E-state index in [9.17, 15) is 4.79 Å². The van der Waals surface area contributed by atoms with Gasteiger partial charge in [-0.25, -0.2) is 0 Å². The Hall–Kier alpha value is -2.83. The van der Waals surface area contributed by atoms with Crippen molar-refractivity contribution in [3.8, 4) is 0 Å². The summed E-state index contributed by atoms with van der Waals surface area (Å²) in [6, 6.07) is 14.3. The molecular formula is C19H21Cl2N5O. The zero-order valence-corrected chi connectivity index (χ0v) is 16.1. The second-order valence-electron chi connectivity index (χ2n) is 5.46. The molecule has 0 bridgehead atoms. The highest BCUT2D eigenvalue weighted by molar-refractivity contribution is 6.30. The zero-order valence-electron chi connectivity index (χ0n) is 14.5. The summed E-state index contributed by atoms with van der Waals surface area (Å²) in [7, 11) is 0. The van der Waals surface area contributed by atoms with E-state index in [1.54, 1.807) is 24.3 Å². The van der Waals surface area contributed by atoms with Crippen LogP contribution in [0.4, 0.5) is 11.4 Å². The standard InChI is InChI=1S/C19H20ClN5O.ClH/c1-2-16(26)12-7-13-5-3-4-6-17(13)24-19(22)25-18(21)23-15-10-8-14(20)9-11-15;/h2-6,8-11H,1,7,12H2,(H5,21,22,23,24,25);1H. The average Bonchev–Trinajstić information content (AvgIpc) is 2.62. The van der Waals surface area contributed by atoms with Gasteiger partial charge in [0.2, 0.25) is 0 Å². The largest absolute Gasteiger partial charge is 0.326 e. The van der Waals surface area contributed by atoms with Crippen molar-refractivity contribution in [3.63, 3.8) is 0 Å². The number of allylic oxidation sites excluding steroid dienone is 1. The summed E-state index contributed by atoms with van der Waals surface area (Å²) < 4.78 is 0. The van der Waals surface area contributed by atoms with Gasteiger partial charge in [0.05, 0.1) is 0 Å². The lowest BCUT2D eigenvalue weighted by molar-refractivity contribution is -0.114. The number of hydrogen-bond donors (Lipinski definition) is 5. The highest BCUT2D eigenvalue weighted by Crippen LogP contribution is 2.17. The monoisotopic (exact) mass is 405 g/mol. The van der Waals surface area contributed by atoms with Crippen molar-refractivity contribution in [3.05, 3.63) is 71.8 Å². The van der Waals surface area contributed by atoms with Gasteiger partial charge in [-0.1, -0.05) is 36.4 Å². The van der Waals surface area contributed by atoms with Crippen LogP contribution >= 0.6 is 24.0 Å². The van der Waals surface area contributed by atoms with Crippen LogP contribution in [0.25, 0.3) is 0 Å². The molecule has 0 aliphatic heterocycles. The second kappa shape index (κ2) is 11.0. The number of para-hydroxylation sites is 1. The molecule has 2 aromatic carbocycles. The molecule has 0 saturated heterocycles. The summed E-state index contributed by atoms with van der Waals surface area (Å²) in [6.07, 6.45) is 2.21. The quantitative estimate of drug-likeness (QED) is 0.278. The smallest absolute Gasteiger partial charge is 0.199 e. The first-order valence-electron chi connectivity index (χ1n) is 7.95. The van der Waals surface area contributed by atoms with Crippen LogP contribution in [0.1, 0.15) is 12.0 Å². The molecule has 8 heteroatoms. The maximum atomic E-state index is 11.4. The summed E-state index contributed by atoms with van der Waals surface area (Å²) in [4.78, 5) is 11.4. The molecule has 0 saturated carbocycles. The predicted octanol–water partition coefficient (Wildman–Crippen LogP) is 4.43. The number of rotatable bonds is 6. The third-order valence-corrected chi connectivity index (χ3v) is 3.76. The van der Waals surface area contributed by atoms with Crippen LogP contribution < -0.4 is 16.0 Å². The maximum absolute atomic E-state index is 11.4. The number of halogens is 2. The minimum Gasteiger partial charge on any atom is -0.326 e. The lowest BCUT2D eigenvalue weighted by Crippen LogP contribution is -2.38. The minimum atomic E-state index is -0.0565. The first kappa shape index (κ1) is 22.2. The summed E-state index contributed by atoms with van der Waals surface area (Å²) in [6.45, 7) is 3.47. The molecule has 6 nitrogen and oxygen atoms in total. The second-order valence-corrected chi connectivity index (χ2v) is 5.90. The summed E-state index contributed by atoms with van der Waals surface area (Å²) in [5.74, 6) is -0.134. The molecule has 0 aromatic heterocycles. The van der Waals surface area contributed by atoms with Gasteiger partial charge in [-0.15, -0.1) is 12.4 Å². The first-order valence-corrected chi connectivity index (χ1v) is 8.32. The van der Waals surface area contributed by atoms with Gasteiger partial charge in [-0.05, 0) is 48.4 Å². The normalized spacial score (nSPS) is 9.52. The highest BCUT2D eigenvalue weighted by Gasteiger charge is 2.07. The van der Waals surface area contributed by atoms with Gasteiger partial charge in [0, 0.05) is 22.8 Å². The molecule has 0 unspecified atom stereocenters. The minimum absolute atomic E-state index is 0. The molecule has 0 radical (unpaired) electrons. The molecule has 0 atom stereocenters. The Balaban J connectivity index is 0.00000364. The van der Waals surface area contributed by atoms with Crippen molar-refractivity contribution in [2.75, 3.05) is 10.6 Å². The first-order chi connectivity index (χ1) is 12.5. The topological polar surface area (TPSA) is 101 Å². The summed E-state index contributed by atoms with van der Waals surface area (Å²) in [5.41, 5.74) is 2.30. The fourth-order valence-electron chi connectivity index (χ4n) is 2.22. The molecule has 2 rings (SSSR count). The summed E-state index contributed by atoms with van der Waals surface area (Å²) in [5, 5.41) is 24.9. The molecule has 0 aliphatic rings. The Bertz CT molecular complexity index is 821. The van der Waals surface area contributed by atoms with E-state index in [4.69, 9.17) is 22.4 Å². The van der Waals surface area contributed by atoms with Crippen molar-refractivity contribution in [2.24, 2.45) is 0 Å². The van der Waals surface area contributed by atoms with E-state index in [2.05, 4.69) is 22.5 Å². The van der Waals surface area contributed by atoms with Crippen LogP contribution in [-0.2, 0) is 11.2 Å². The van der Waals surface area contributed by atoms with Gasteiger partial charge in [0.25, 0.3) is 0 Å². The molecule has 0 aliphatic carbocycles. The molecule has 0 heterocycles. The SMILES string of the molecule is C=CC(=O)CCc1ccccc1NC(=N)NC(=N)Nc1ccc(Cl)cc1.Cl. The van der Waals surface area contributed by atoms with Crippen LogP contribution in [-0.4, -0.2) is 17.7 Å². The van der Waals surface area contributed by atoms with Crippen LogP contribution in [0.3, 0.4) is 0 Å². The number of hydrogen-bond acceptors (Lipinski definition) is 3. The Morgan fingerprint density at radius 2 is 1.67 bits per heavy atom. The lowest BCUT2D eigenvalue weighted by Gasteiger charge is -2.15. The van der Waals surface area contributed by atoms with Gasteiger partial charge in [-0.2, -0.15) is 0 Å². The number of ketones is 1.